The normalized spacial score (nSPS) is 24.0. The monoisotopic (exact) mass is 385 g/mol. The number of nitrogens with one attached hydrogen (secondary N) is 1. The van der Waals surface area contributed by atoms with E-state index in [1.165, 1.54) is 0 Å². The summed E-state index contributed by atoms with van der Waals surface area (Å²) in [7, 11) is 0. The second kappa shape index (κ2) is 8.65. The van der Waals surface area contributed by atoms with Crippen molar-refractivity contribution in [2.75, 3.05) is 6.54 Å². The van der Waals surface area contributed by atoms with Crippen molar-refractivity contribution in [1.29, 1.82) is 5.26 Å². The second-order valence-electron chi connectivity index (χ2n) is 7.17. The van der Waals surface area contributed by atoms with Crippen molar-refractivity contribution in [3.05, 3.63) is 29.3 Å². The molecule has 1 aromatic carbocycles. The van der Waals surface area contributed by atoms with E-state index in [4.69, 9.17) is 22.8 Å². The molecule has 0 unspecified atom stereocenters. The number of carbonyl (C=O) groups excluding carboxylic acids is 1. The van der Waals surface area contributed by atoms with Gasteiger partial charge in [0.05, 0.1) is 18.7 Å². The third-order valence-electron chi connectivity index (χ3n) is 5.36. The standard InChI is InChI=1S/C21H24ClN3O2/c1-2-17-8-9-18(14-23)25(17)20(26)15-24-21(12-4-3-5-13-21)27-19-10-6-16(22)7-11-19/h1,6-7,10-11,17-18,24H,3-5,8-9,12-13,15H2/t17-,18+/m0/s1. The topological polar surface area (TPSA) is 65.4 Å². The molecular weight excluding hydrogens is 362 g/mol. The van der Waals surface area contributed by atoms with Crippen LogP contribution in [0.2, 0.25) is 5.02 Å². The second-order valence-corrected chi connectivity index (χ2v) is 7.61. The van der Waals surface area contributed by atoms with Gasteiger partial charge in [0.25, 0.3) is 0 Å². The van der Waals surface area contributed by atoms with E-state index in [9.17, 15) is 10.1 Å². The highest BCUT2D eigenvalue weighted by molar-refractivity contribution is 6.30. The van der Waals surface area contributed by atoms with Crippen molar-refractivity contribution in [3.63, 3.8) is 0 Å². The van der Waals surface area contributed by atoms with E-state index in [2.05, 4.69) is 17.3 Å². The highest BCUT2D eigenvalue weighted by Gasteiger charge is 2.39. The molecule has 1 aromatic rings. The van der Waals surface area contributed by atoms with E-state index in [0.29, 0.717) is 17.9 Å². The Balaban J connectivity index is 1.69. The smallest absolute Gasteiger partial charge is 0.238 e. The Kier molecular flexibility index (Phi) is 6.26. The van der Waals surface area contributed by atoms with E-state index < -0.39 is 11.8 Å². The Morgan fingerprint density at radius 2 is 1.93 bits per heavy atom. The molecule has 1 N–H and O–H groups in total. The molecule has 1 aliphatic carbocycles. The van der Waals surface area contributed by atoms with Gasteiger partial charge in [0.15, 0.2) is 5.72 Å². The molecule has 1 saturated heterocycles. The quantitative estimate of drug-likeness (QED) is 0.622. The van der Waals surface area contributed by atoms with Crippen molar-refractivity contribution in [1.82, 2.24) is 10.2 Å². The third kappa shape index (κ3) is 4.56. The first kappa shape index (κ1) is 19.5. The summed E-state index contributed by atoms with van der Waals surface area (Å²) in [6.45, 7) is 0.101. The maximum atomic E-state index is 12.8. The fraction of sp³-hybridized carbons (Fsp3) is 0.524. The van der Waals surface area contributed by atoms with Crippen LogP contribution in [0.1, 0.15) is 44.9 Å². The number of rotatable bonds is 5. The van der Waals surface area contributed by atoms with Gasteiger partial charge in [-0.2, -0.15) is 5.26 Å². The minimum Gasteiger partial charge on any atom is -0.473 e. The summed E-state index contributed by atoms with van der Waals surface area (Å²) in [5, 5.41) is 13.3. The van der Waals surface area contributed by atoms with Gasteiger partial charge in [-0.15, -0.1) is 6.42 Å². The van der Waals surface area contributed by atoms with E-state index >= 15 is 0 Å². The zero-order chi connectivity index (χ0) is 19.3. The number of nitriles is 1. The molecule has 1 amide bonds. The number of carbonyl (C=O) groups is 1. The summed E-state index contributed by atoms with van der Waals surface area (Å²) >= 11 is 5.96. The van der Waals surface area contributed by atoms with E-state index in [1.54, 1.807) is 17.0 Å². The predicted molar refractivity (Wildman–Crippen MR) is 104 cm³/mol. The lowest BCUT2D eigenvalue weighted by Gasteiger charge is -2.39. The minimum atomic E-state index is -0.588. The van der Waals surface area contributed by atoms with Gasteiger partial charge in [-0.3, -0.25) is 10.1 Å². The highest BCUT2D eigenvalue weighted by Crippen LogP contribution is 2.32. The van der Waals surface area contributed by atoms with Crippen LogP contribution < -0.4 is 10.1 Å². The fourth-order valence-corrected chi connectivity index (χ4v) is 4.07. The average molecular weight is 386 g/mol. The van der Waals surface area contributed by atoms with Gasteiger partial charge >= 0.3 is 0 Å². The summed E-state index contributed by atoms with van der Waals surface area (Å²) < 4.78 is 6.27. The predicted octanol–water partition coefficient (Wildman–Crippen LogP) is 3.49. The Bertz CT molecular complexity index is 722. The number of terminal acetylenes is 1. The molecule has 2 atom stereocenters. The largest absolute Gasteiger partial charge is 0.473 e. The lowest BCUT2D eigenvalue weighted by atomic mass is 9.91. The highest BCUT2D eigenvalue weighted by atomic mass is 35.5. The molecule has 0 spiro atoms. The van der Waals surface area contributed by atoms with Gasteiger partial charge in [0, 0.05) is 17.9 Å². The van der Waals surface area contributed by atoms with Crippen molar-refractivity contribution in [2.24, 2.45) is 0 Å². The molecule has 3 rings (SSSR count). The maximum absolute atomic E-state index is 12.8. The summed E-state index contributed by atoms with van der Waals surface area (Å²) in [6.07, 6.45) is 11.7. The van der Waals surface area contributed by atoms with Gasteiger partial charge < -0.3 is 9.64 Å². The molecule has 1 heterocycles. The molecule has 6 heteroatoms. The first-order chi connectivity index (χ1) is 13.1. The van der Waals surface area contributed by atoms with Crippen molar-refractivity contribution >= 4 is 17.5 Å². The van der Waals surface area contributed by atoms with Crippen LogP contribution in [0.3, 0.4) is 0 Å². The molecule has 0 aromatic heterocycles. The van der Waals surface area contributed by atoms with Crippen LogP contribution in [-0.4, -0.2) is 35.2 Å². The minimum absolute atomic E-state index is 0.101. The molecule has 5 nitrogen and oxygen atoms in total. The Hall–Kier alpha value is -2.21. The summed E-state index contributed by atoms with van der Waals surface area (Å²) in [4.78, 5) is 14.4. The first-order valence-electron chi connectivity index (χ1n) is 9.43. The third-order valence-corrected chi connectivity index (χ3v) is 5.62. The molecule has 27 heavy (non-hydrogen) atoms. The lowest BCUT2D eigenvalue weighted by Crippen LogP contribution is -2.55. The maximum Gasteiger partial charge on any atom is 0.238 e. The number of amides is 1. The van der Waals surface area contributed by atoms with Crippen molar-refractivity contribution in [3.8, 4) is 24.2 Å². The van der Waals surface area contributed by atoms with E-state index in [0.717, 1.165) is 37.9 Å². The van der Waals surface area contributed by atoms with Gasteiger partial charge in [-0.05, 0) is 49.9 Å². The number of likely N-dealkylation sites (tertiary alicyclic amines) is 1. The SMILES string of the molecule is C#C[C@H]1CC[C@H](C#N)N1C(=O)CNC1(Oc2ccc(Cl)cc2)CCCCC1. The summed E-state index contributed by atoms with van der Waals surface area (Å²) in [5.41, 5.74) is -0.588. The van der Waals surface area contributed by atoms with Gasteiger partial charge in [-0.25, -0.2) is 0 Å². The molecule has 142 valence electrons. The molecular formula is C21H24ClN3O2. The number of hydrogen-bond acceptors (Lipinski definition) is 4. The van der Waals surface area contributed by atoms with Crippen LogP contribution in [0.25, 0.3) is 0 Å². The van der Waals surface area contributed by atoms with Crippen LogP contribution in [0.15, 0.2) is 24.3 Å². The first-order valence-corrected chi connectivity index (χ1v) is 9.81. The van der Waals surface area contributed by atoms with Gasteiger partial charge in [0.2, 0.25) is 5.91 Å². The van der Waals surface area contributed by atoms with Crippen LogP contribution in [0, 0.1) is 23.7 Å². The van der Waals surface area contributed by atoms with E-state index in [-0.39, 0.29) is 18.5 Å². The Morgan fingerprint density at radius 3 is 2.56 bits per heavy atom. The van der Waals surface area contributed by atoms with Crippen molar-refractivity contribution < 1.29 is 9.53 Å². The van der Waals surface area contributed by atoms with Crippen LogP contribution >= 0.6 is 11.6 Å². The molecule has 1 saturated carbocycles. The van der Waals surface area contributed by atoms with Gasteiger partial charge in [-0.1, -0.05) is 23.9 Å². The molecule has 2 fully saturated rings. The van der Waals surface area contributed by atoms with E-state index in [1.807, 2.05) is 12.1 Å². The Labute approximate surface area is 165 Å². The lowest BCUT2D eigenvalue weighted by molar-refractivity contribution is -0.133. The number of halogens is 1. The molecule has 0 radical (unpaired) electrons. The molecule has 1 aliphatic heterocycles. The number of hydrogen-bond donors (Lipinski definition) is 1. The van der Waals surface area contributed by atoms with Crippen molar-refractivity contribution in [2.45, 2.75) is 62.8 Å². The zero-order valence-corrected chi connectivity index (χ0v) is 16.0. The average Bonchev–Trinajstić information content (AvgIpc) is 3.12. The number of benzene rings is 1. The van der Waals surface area contributed by atoms with Gasteiger partial charge in [0.1, 0.15) is 11.8 Å². The van der Waals surface area contributed by atoms with Crippen LogP contribution in [0.4, 0.5) is 0 Å². The molecule has 0 bridgehead atoms. The summed E-state index contributed by atoms with van der Waals surface area (Å²) in [5.74, 6) is 3.21. The molecule has 2 aliphatic rings. The van der Waals surface area contributed by atoms with Crippen LogP contribution in [0.5, 0.6) is 5.75 Å². The fourth-order valence-electron chi connectivity index (χ4n) is 3.94. The summed E-state index contributed by atoms with van der Waals surface area (Å²) in [6, 6.07) is 8.69. The zero-order valence-electron chi connectivity index (χ0n) is 15.3. The number of ether oxygens (including phenoxy) is 1. The Morgan fingerprint density at radius 1 is 1.26 bits per heavy atom. The number of nitrogens with zero attached hydrogens (tertiary/aromatic N) is 2. The van der Waals surface area contributed by atoms with Crippen LogP contribution in [-0.2, 0) is 4.79 Å².